The quantitative estimate of drug-likeness (QED) is 0.628. The molecule has 0 aromatic heterocycles. The number of nitrogens with zero attached hydrogens (tertiary/aromatic N) is 3. The van der Waals surface area contributed by atoms with Crippen molar-refractivity contribution in [1.29, 1.82) is 0 Å². The fourth-order valence-electron chi connectivity index (χ4n) is 5.02. The van der Waals surface area contributed by atoms with Crippen LogP contribution in [0.4, 0.5) is 10.5 Å². The molecule has 0 bridgehead atoms. The number of rotatable bonds is 5. The van der Waals surface area contributed by atoms with Gasteiger partial charge in [0.05, 0.1) is 6.04 Å². The van der Waals surface area contributed by atoms with Crippen LogP contribution in [0.1, 0.15) is 62.3 Å². The number of hydrogen-bond acceptors (Lipinski definition) is 4. The molecule has 0 saturated carbocycles. The van der Waals surface area contributed by atoms with Gasteiger partial charge in [-0.1, -0.05) is 50.2 Å². The van der Waals surface area contributed by atoms with Crippen LogP contribution in [-0.4, -0.2) is 55.2 Å². The fraction of sp³-hybridized carbons (Fsp3) is 0.519. The largest absolute Gasteiger partial charge is 0.445 e. The average molecular weight is 436 g/mol. The summed E-state index contributed by atoms with van der Waals surface area (Å²) in [7, 11) is 0. The summed E-state index contributed by atoms with van der Waals surface area (Å²) in [6.07, 6.45) is 1.94. The van der Waals surface area contributed by atoms with Gasteiger partial charge in [0.25, 0.3) is 0 Å². The number of hydrogen-bond donors (Lipinski definition) is 0. The van der Waals surface area contributed by atoms with Crippen LogP contribution in [0, 0.1) is 0 Å². The zero-order valence-corrected chi connectivity index (χ0v) is 19.8. The number of piperazine rings is 1. The Labute approximate surface area is 193 Å². The lowest BCUT2D eigenvalue weighted by atomic mass is 9.91. The van der Waals surface area contributed by atoms with Gasteiger partial charge < -0.3 is 14.5 Å². The normalized spacial score (nSPS) is 21.7. The van der Waals surface area contributed by atoms with Crippen molar-refractivity contribution in [2.75, 3.05) is 44.2 Å². The van der Waals surface area contributed by atoms with E-state index in [-0.39, 0.29) is 12.1 Å². The number of amides is 1. The smallest absolute Gasteiger partial charge is 0.410 e. The first-order chi connectivity index (χ1) is 15.6. The molecular formula is C27H37N3O2. The number of anilines is 1. The molecule has 0 radical (unpaired) electrons. The number of ether oxygens (including phenoxy) is 1. The Morgan fingerprint density at radius 3 is 2.44 bits per heavy atom. The van der Waals surface area contributed by atoms with Gasteiger partial charge in [-0.2, -0.15) is 0 Å². The molecule has 1 fully saturated rings. The molecule has 5 heteroatoms. The Bertz CT molecular complexity index is 893. The highest BCUT2D eigenvalue weighted by molar-refractivity contribution is 5.69. The zero-order chi connectivity index (χ0) is 22.5. The van der Waals surface area contributed by atoms with Gasteiger partial charge in [0.1, 0.15) is 6.61 Å². The van der Waals surface area contributed by atoms with Gasteiger partial charge >= 0.3 is 6.09 Å². The van der Waals surface area contributed by atoms with E-state index in [9.17, 15) is 4.79 Å². The number of carbonyl (C=O) groups is 1. The van der Waals surface area contributed by atoms with E-state index in [1.807, 2.05) is 35.2 Å². The van der Waals surface area contributed by atoms with Gasteiger partial charge in [0.15, 0.2) is 0 Å². The maximum atomic E-state index is 13.0. The first-order valence-corrected chi connectivity index (χ1v) is 12.1. The molecule has 32 heavy (non-hydrogen) atoms. The lowest BCUT2D eigenvalue weighted by Crippen LogP contribution is -2.46. The Balaban J connectivity index is 1.49. The van der Waals surface area contributed by atoms with Crippen molar-refractivity contribution in [3.05, 3.63) is 65.2 Å². The van der Waals surface area contributed by atoms with Crippen molar-refractivity contribution in [3.8, 4) is 0 Å². The average Bonchev–Trinajstić information content (AvgIpc) is 2.95. The fourth-order valence-corrected chi connectivity index (χ4v) is 5.02. The number of fused-ring (bicyclic) bond motifs is 1. The van der Waals surface area contributed by atoms with Crippen LogP contribution in [0.25, 0.3) is 0 Å². The first kappa shape index (κ1) is 22.7. The summed E-state index contributed by atoms with van der Waals surface area (Å²) < 4.78 is 5.70. The van der Waals surface area contributed by atoms with Crippen molar-refractivity contribution in [3.63, 3.8) is 0 Å². The summed E-state index contributed by atoms with van der Waals surface area (Å²) >= 11 is 0. The molecule has 0 unspecified atom stereocenters. The third-order valence-electron chi connectivity index (χ3n) is 7.04. The highest BCUT2D eigenvalue weighted by Gasteiger charge is 2.30. The van der Waals surface area contributed by atoms with E-state index in [4.69, 9.17) is 4.74 Å². The van der Waals surface area contributed by atoms with Crippen LogP contribution in [-0.2, 0) is 11.3 Å². The van der Waals surface area contributed by atoms with Crippen molar-refractivity contribution in [1.82, 2.24) is 9.80 Å². The van der Waals surface area contributed by atoms with Gasteiger partial charge in [-0.15, -0.1) is 0 Å². The van der Waals surface area contributed by atoms with Crippen LogP contribution in [0.2, 0.25) is 0 Å². The molecule has 172 valence electrons. The molecule has 2 atom stereocenters. The minimum Gasteiger partial charge on any atom is -0.445 e. The third-order valence-corrected chi connectivity index (χ3v) is 7.04. The van der Waals surface area contributed by atoms with Gasteiger partial charge in [0.2, 0.25) is 0 Å². The van der Waals surface area contributed by atoms with E-state index in [0.717, 1.165) is 44.7 Å². The van der Waals surface area contributed by atoms with Crippen LogP contribution < -0.4 is 4.90 Å². The Morgan fingerprint density at radius 2 is 1.72 bits per heavy atom. The summed E-state index contributed by atoms with van der Waals surface area (Å²) in [6.45, 7) is 13.2. The van der Waals surface area contributed by atoms with E-state index in [1.54, 1.807) is 0 Å². The van der Waals surface area contributed by atoms with E-state index < -0.39 is 0 Å². The molecular weight excluding hydrogens is 398 g/mol. The van der Waals surface area contributed by atoms with E-state index in [1.165, 1.54) is 29.8 Å². The lowest BCUT2D eigenvalue weighted by Gasteiger charge is -2.36. The first-order valence-electron chi connectivity index (χ1n) is 12.1. The molecule has 5 nitrogen and oxygen atoms in total. The second-order valence-corrected chi connectivity index (χ2v) is 9.24. The van der Waals surface area contributed by atoms with Crippen molar-refractivity contribution < 1.29 is 9.53 Å². The highest BCUT2D eigenvalue weighted by Crippen LogP contribution is 2.37. The molecule has 2 aromatic carbocycles. The molecule has 1 amide bonds. The summed E-state index contributed by atoms with van der Waals surface area (Å²) in [5.41, 5.74) is 4.92. The van der Waals surface area contributed by atoms with Crippen LogP contribution >= 0.6 is 0 Å². The van der Waals surface area contributed by atoms with Gasteiger partial charge in [-0.25, -0.2) is 4.79 Å². The summed E-state index contributed by atoms with van der Waals surface area (Å²) in [6, 6.07) is 16.8. The number of benzene rings is 2. The van der Waals surface area contributed by atoms with Crippen molar-refractivity contribution in [2.45, 2.75) is 52.2 Å². The molecule has 0 aliphatic carbocycles. The molecule has 1 saturated heterocycles. The minimum absolute atomic E-state index is 0.000413. The number of carbonyl (C=O) groups excluding carboxylic acids is 1. The summed E-state index contributed by atoms with van der Waals surface area (Å²) in [5, 5.41) is 0. The van der Waals surface area contributed by atoms with Gasteiger partial charge in [-0.05, 0) is 61.1 Å². The van der Waals surface area contributed by atoms with Crippen LogP contribution in [0.3, 0.4) is 0 Å². The van der Waals surface area contributed by atoms with E-state index in [2.05, 4.69) is 48.8 Å². The lowest BCUT2D eigenvalue weighted by molar-refractivity contribution is 0.0834. The molecule has 2 aliphatic rings. The topological polar surface area (TPSA) is 36.0 Å². The predicted octanol–water partition coefficient (Wildman–Crippen LogP) is 5.43. The van der Waals surface area contributed by atoms with Crippen LogP contribution in [0.5, 0.6) is 0 Å². The monoisotopic (exact) mass is 435 g/mol. The Hall–Kier alpha value is -2.53. The van der Waals surface area contributed by atoms with Gasteiger partial charge in [-0.3, -0.25) is 4.90 Å². The second kappa shape index (κ2) is 10.4. The van der Waals surface area contributed by atoms with Crippen molar-refractivity contribution >= 4 is 11.8 Å². The molecule has 2 aliphatic heterocycles. The van der Waals surface area contributed by atoms with Crippen LogP contribution in [0.15, 0.2) is 48.5 Å². The maximum Gasteiger partial charge on any atom is 0.410 e. The zero-order valence-electron chi connectivity index (χ0n) is 19.8. The Morgan fingerprint density at radius 1 is 0.969 bits per heavy atom. The third kappa shape index (κ3) is 5.09. The standard InChI is InChI=1S/C27H37N3O2/c1-4-13-28-15-17-29(18-16-28)24-10-11-25-21(2)12-14-30(22(3)26(25)19-24)27(31)32-20-23-8-6-5-7-9-23/h5-11,19,21-22H,4,12-18,20H2,1-3H3/t21-,22+/m0/s1. The maximum absolute atomic E-state index is 13.0. The van der Waals surface area contributed by atoms with Gasteiger partial charge in [0, 0.05) is 38.4 Å². The second-order valence-electron chi connectivity index (χ2n) is 9.24. The summed E-state index contributed by atoms with van der Waals surface area (Å²) in [5.74, 6) is 0.426. The molecule has 2 aromatic rings. The highest BCUT2D eigenvalue weighted by atomic mass is 16.6. The summed E-state index contributed by atoms with van der Waals surface area (Å²) in [4.78, 5) is 20.0. The van der Waals surface area contributed by atoms with E-state index in [0.29, 0.717) is 12.5 Å². The predicted molar refractivity (Wildman–Crippen MR) is 130 cm³/mol. The van der Waals surface area contributed by atoms with E-state index >= 15 is 0 Å². The molecule has 2 heterocycles. The Kier molecular flexibility index (Phi) is 7.36. The minimum atomic E-state index is -0.222. The SMILES string of the molecule is CCCN1CCN(c2ccc3c(c2)[C@@H](C)N(C(=O)OCc2ccccc2)CC[C@@H]3C)CC1. The molecule has 0 N–H and O–H groups in total. The van der Waals surface area contributed by atoms with Crippen molar-refractivity contribution in [2.24, 2.45) is 0 Å². The molecule has 4 rings (SSSR count). The molecule has 0 spiro atoms.